The third-order valence-corrected chi connectivity index (χ3v) is 3.55. The van der Waals surface area contributed by atoms with Gasteiger partial charge in [-0.2, -0.15) is 0 Å². The number of likely N-dealkylation sites (N-methyl/N-ethyl adjacent to an activating group) is 1. The number of methoxy groups -OCH3 is 2. The van der Waals surface area contributed by atoms with E-state index in [-0.39, 0.29) is 0 Å². The Hall–Kier alpha value is -1.26. The molecule has 1 heterocycles. The molecule has 0 saturated carbocycles. The van der Waals surface area contributed by atoms with Crippen LogP contribution in [0.3, 0.4) is 0 Å². The number of benzene rings is 1. The summed E-state index contributed by atoms with van der Waals surface area (Å²) in [5.41, 5.74) is 1.28. The summed E-state index contributed by atoms with van der Waals surface area (Å²) < 4.78 is 10.7. The van der Waals surface area contributed by atoms with E-state index in [0.29, 0.717) is 6.04 Å². The third-order valence-electron chi connectivity index (χ3n) is 3.55. The van der Waals surface area contributed by atoms with Crippen LogP contribution in [0.4, 0.5) is 0 Å². The van der Waals surface area contributed by atoms with E-state index >= 15 is 0 Å². The Bertz CT molecular complexity index is 395. The lowest BCUT2D eigenvalue weighted by molar-refractivity contribution is 0.170. The van der Waals surface area contributed by atoms with Crippen LogP contribution in [0.5, 0.6) is 11.5 Å². The Balaban J connectivity index is 2.26. The Morgan fingerprint density at radius 2 is 2.06 bits per heavy atom. The summed E-state index contributed by atoms with van der Waals surface area (Å²) in [7, 11) is 3.34. The normalized spacial score (nSPS) is 20.7. The van der Waals surface area contributed by atoms with Crippen molar-refractivity contribution in [3.63, 3.8) is 0 Å². The molecule has 1 unspecified atom stereocenters. The third kappa shape index (κ3) is 2.60. The van der Waals surface area contributed by atoms with Crippen LogP contribution in [0.15, 0.2) is 18.2 Å². The maximum Gasteiger partial charge on any atom is 0.161 e. The van der Waals surface area contributed by atoms with E-state index in [4.69, 9.17) is 9.47 Å². The van der Waals surface area contributed by atoms with Gasteiger partial charge in [0.1, 0.15) is 0 Å². The SMILES string of the molecule is CCN1CCNCC1c1ccc(OC)c(OC)c1. The first kappa shape index (κ1) is 13.2. The molecule has 1 aromatic rings. The van der Waals surface area contributed by atoms with Crippen molar-refractivity contribution < 1.29 is 9.47 Å². The fourth-order valence-corrected chi connectivity index (χ4v) is 2.51. The molecule has 1 atom stereocenters. The minimum absolute atomic E-state index is 0.420. The second-order valence-electron chi connectivity index (χ2n) is 4.46. The molecule has 4 nitrogen and oxygen atoms in total. The van der Waals surface area contributed by atoms with Crippen molar-refractivity contribution in [3.8, 4) is 11.5 Å². The van der Waals surface area contributed by atoms with Crippen LogP contribution in [0.1, 0.15) is 18.5 Å². The number of piperazine rings is 1. The highest BCUT2D eigenvalue weighted by Gasteiger charge is 2.23. The first-order valence-corrected chi connectivity index (χ1v) is 6.46. The van der Waals surface area contributed by atoms with E-state index < -0.39 is 0 Å². The van der Waals surface area contributed by atoms with Gasteiger partial charge in [-0.3, -0.25) is 4.90 Å². The number of nitrogens with one attached hydrogen (secondary N) is 1. The summed E-state index contributed by atoms with van der Waals surface area (Å²) in [6, 6.07) is 6.61. The molecule has 1 fully saturated rings. The summed E-state index contributed by atoms with van der Waals surface area (Å²) in [5, 5.41) is 3.45. The predicted octanol–water partition coefficient (Wildman–Crippen LogP) is 1.67. The molecule has 1 aliphatic rings. The minimum Gasteiger partial charge on any atom is -0.493 e. The van der Waals surface area contributed by atoms with Crippen LogP contribution in [0.2, 0.25) is 0 Å². The summed E-state index contributed by atoms with van der Waals surface area (Å²) in [4.78, 5) is 2.48. The van der Waals surface area contributed by atoms with Crippen molar-refractivity contribution in [2.75, 3.05) is 40.4 Å². The average molecular weight is 250 g/mol. The highest BCUT2D eigenvalue weighted by atomic mass is 16.5. The lowest BCUT2D eigenvalue weighted by Crippen LogP contribution is -2.45. The maximum atomic E-state index is 5.37. The molecule has 1 N–H and O–H groups in total. The van der Waals surface area contributed by atoms with Crippen LogP contribution >= 0.6 is 0 Å². The Kier molecular flexibility index (Phi) is 4.44. The molecule has 4 heteroatoms. The van der Waals surface area contributed by atoms with E-state index in [1.807, 2.05) is 6.07 Å². The van der Waals surface area contributed by atoms with Crippen molar-refractivity contribution in [3.05, 3.63) is 23.8 Å². The average Bonchev–Trinajstić information content (AvgIpc) is 2.46. The highest BCUT2D eigenvalue weighted by molar-refractivity contribution is 5.44. The van der Waals surface area contributed by atoms with E-state index in [0.717, 1.165) is 37.7 Å². The van der Waals surface area contributed by atoms with Gasteiger partial charge < -0.3 is 14.8 Å². The molecule has 2 rings (SSSR count). The van der Waals surface area contributed by atoms with Gasteiger partial charge in [0, 0.05) is 25.7 Å². The van der Waals surface area contributed by atoms with Gasteiger partial charge in [-0.25, -0.2) is 0 Å². The van der Waals surface area contributed by atoms with Crippen molar-refractivity contribution >= 4 is 0 Å². The molecule has 0 bridgehead atoms. The van der Waals surface area contributed by atoms with Crippen LogP contribution in [-0.2, 0) is 0 Å². The smallest absolute Gasteiger partial charge is 0.161 e. The van der Waals surface area contributed by atoms with Crippen LogP contribution in [0, 0.1) is 0 Å². The van der Waals surface area contributed by atoms with Gasteiger partial charge in [-0.05, 0) is 24.2 Å². The second-order valence-corrected chi connectivity index (χ2v) is 4.46. The number of ether oxygens (including phenoxy) is 2. The standard InChI is InChI=1S/C14H22N2O2/c1-4-16-8-7-15-10-12(16)11-5-6-13(17-2)14(9-11)18-3/h5-6,9,12,15H,4,7-8,10H2,1-3H3. The van der Waals surface area contributed by atoms with Crippen molar-refractivity contribution in [1.29, 1.82) is 0 Å². The number of hydrogen-bond acceptors (Lipinski definition) is 4. The Morgan fingerprint density at radius 1 is 1.28 bits per heavy atom. The van der Waals surface area contributed by atoms with E-state index in [1.165, 1.54) is 5.56 Å². The first-order chi connectivity index (χ1) is 8.80. The molecule has 0 aromatic heterocycles. The van der Waals surface area contributed by atoms with Gasteiger partial charge in [-0.1, -0.05) is 13.0 Å². The molecule has 0 radical (unpaired) electrons. The molecular formula is C14H22N2O2. The van der Waals surface area contributed by atoms with Crippen molar-refractivity contribution in [2.24, 2.45) is 0 Å². The molecule has 1 aromatic carbocycles. The molecule has 18 heavy (non-hydrogen) atoms. The molecule has 1 saturated heterocycles. The quantitative estimate of drug-likeness (QED) is 0.881. The molecule has 0 spiro atoms. The number of hydrogen-bond donors (Lipinski definition) is 1. The topological polar surface area (TPSA) is 33.7 Å². The zero-order valence-corrected chi connectivity index (χ0v) is 11.4. The highest BCUT2D eigenvalue weighted by Crippen LogP contribution is 2.32. The minimum atomic E-state index is 0.420. The summed E-state index contributed by atoms with van der Waals surface area (Å²) in [5.74, 6) is 1.59. The van der Waals surface area contributed by atoms with Crippen molar-refractivity contribution in [1.82, 2.24) is 10.2 Å². The monoisotopic (exact) mass is 250 g/mol. The molecule has 0 aliphatic carbocycles. The lowest BCUT2D eigenvalue weighted by Gasteiger charge is -2.35. The van der Waals surface area contributed by atoms with E-state index in [1.54, 1.807) is 14.2 Å². The van der Waals surface area contributed by atoms with Gasteiger partial charge in [0.15, 0.2) is 11.5 Å². The number of rotatable bonds is 4. The fraction of sp³-hybridized carbons (Fsp3) is 0.571. The summed E-state index contributed by atoms with van der Waals surface area (Å²) in [6.07, 6.45) is 0. The molecular weight excluding hydrogens is 228 g/mol. The van der Waals surface area contributed by atoms with Gasteiger partial charge in [-0.15, -0.1) is 0 Å². The van der Waals surface area contributed by atoms with Gasteiger partial charge in [0.05, 0.1) is 14.2 Å². The largest absolute Gasteiger partial charge is 0.493 e. The van der Waals surface area contributed by atoms with Gasteiger partial charge in [0.25, 0.3) is 0 Å². The molecule has 1 aliphatic heterocycles. The van der Waals surface area contributed by atoms with Crippen molar-refractivity contribution in [2.45, 2.75) is 13.0 Å². The number of nitrogens with zero attached hydrogens (tertiary/aromatic N) is 1. The van der Waals surface area contributed by atoms with Gasteiger partial charge >= 0.3 is 0 Å². The summed E-state index contributed by atoms with van der Waals surface area (Å²) in [6.45, 7) is 6.43. The van der Waals surface area contributed by atoms with Crippen LogP contribution in [0.25, 0.3) is 0 Å². The van der Waals surface area contributed by atoms with E-state index in [2.05, 4.69) is 29.3 Å². The van der Waals surface area contributed by atoms with Crippen LogP contribution < -0.4 is 14.8 Å². The Labute approximate surface area is 109 Å². The fourth-order valence-electron chi connectivity index (χ4n) is 2.51. The lowest BCUT2D eigenvalue weighted by atomic mass is 10.0. The second kappa shape index (κ2) is 6.07. The van der Waals surface area contributed by atoms with Crippen LogP contribution in [-0.4, -0.2) is 45.3 Å². The maximum absolute atomic E-state index is 5.37. The van der Waals surface area contributed by atoms with Gasteiger partial charge in [0.2, 0.25) is 0 Å². The van der Waals surface area contributed by atoms with E-state index in [9.17, 15) is 0 Å². The predicted molar refractivity (Wildman–Crippen MR) is 72.4 cm³/mol. The Morgan fingerprint density at radius 3 is 2.72 bits per heavy atom. The first-order valence-electron chi connectivity index (χ1n) is 6.46. The molecule has 100 valence electrons. The summed E-state index contributed by atoms with van der Waals surface area (Å²) >= 11 is 0. The molecule has 0 amide bonds. The zero-order chi connectivity index (χ0) is 13.0. The zero-order valence-electron chi connectivity index (χ0n) is 11.4.